The molecule has 2 heterocycles. The third-order valence-electron chi connectivity index (χ3n) is 7.64. The van der Waals surface area contributed by atoms with Gasteiger partial charge in [-0.3, -0.25) is 9.80 Å². The number of likely N-dealkylation sites (tertiary alicyclic amines) is 1. The average Bonchev–Trinajstić information content (AvgIpc) is 3.18. The number of hydrogen-bond donors (Lipinski definition) is 0. The fourth-order valence-electron chi connectivity index (χ4n) is 5.86. The third-order valence-corrected chi connectivity index (χ3v) is 7.64. The highest BCUT2D eigenvalue weighted by molar-refractivity contribution is 5.29. The summed E-state index contributed by atoms with van der Waals surface area (Å²) >= 11 is 0. The van der Waals surface area contributed by atoms with E-state index in [9.17, 15) is 0 Å². The molecule has 3 heteroatoms. The molecule has 2 bridgehead atoms. The lowest BCUT2D eigenvalue weighted by Crippen LogP contribution is -2.40. The SMILES string of the molecule is c1ccc(CCCN2[C@H]3CC[C@H]2CN(CCOC(c2ccccc2)c2ccccc2)CC3)cc1. The van der Waals surface area contributed by atoms with Gasteiger partial charge >= 0.3 is 0 Å². The number of ether oxygens (including phenoxy) is 1. The highest BCUT2D eigenvalue weighted by Gasteiger charge is 2.36. The van der Waals surface area contributed by atoms with Gasteiger partial charge in [-0.25, -0.2) is 0 Å². The van der Waals surface area contributed by atoms with Gasteiger partial charge in [-0.05, 0) is 61.9 Å². The number of hydrogen-bond acceptors (Lipinski definition) is 3. The maximum Gasteiger partial charge on any atom is 0.108 e. The van der Waals surface area contributed by atoms with Gasteiger partial charge in [-0.2, -0.15) is 0 Å². The van der Waals surface area contributed by atoms with Crippen LogP contribution in [0.25, 0.3) is 0 Å². The van der Waals surface area contributed by atoms with Gasteiger partial charge in [0.25, 0.3) is 0 Å². The Morgan fingerprint density at radius 1 is 0.706 bits per heavy atom. The van der Waals surface area contributed by atoms with Crippen LogP contribution in [0, 0.1) is 0 Å². The summed E-state index contributed by atoms with van der Waals surface area (Å²) in [6.45, 7) is 5.39. The van der Waals surface area contributed by atoms with Gasteiger partial charge < -0.3 is 4.74 Å². The molecule has 2 atom stereocenters. The van der Waals surface area contributed by atoms with E-state index < -0.39 is 0 Å². The Morgan fingerprint density at radius 2 is 1.32 bits per heavy atom. The zero-order valence-electron chi connectivity index (χ0n) is 20.3. The van der Waals surface area contributed by atoms with Gasteiger partial charge in [0, 0.05) is 25.2 Å². The third kappa shape index (κ3) is 5.96. The van der Waals surface area contributed by atoms with Crippen molar-refractivity contribution in [2.75, 3.05) is 32.8 Å². The van der Waals surface area contributed by atoms with E-state index in [0.717, 1.165) is 19.2 Å². The van der Waals surface area contributed by atoms with Crippen LogP contribution >= 0.6 is 0 Å². The predicted molar refractivity (Wildman–Crippen MR) is 140 cm³/mol. The first kappa shape index (κ1) is 23.3. The second-order valence-corrected chi connectivity index (χ2v) is 9.87. The molecule has 0 spiro atoms. The zero-order valence-corrected chi connectivity index (χ0v) is 20.3. The number of aryl methyl sites for hydroxylation is 1. The number of nitrogens with zero attached hydrogens (tertiary/aromatic N) is 2. The van der Waals surface area contributed by atoms with Crippen molar-refractivity contribution in [1.29, 1.82) is 0 Å². The first-order chi connectivity index (χ1) is 16.9. The lowest BCUT2D eigenvalue weighted by atomic mass is 10.0. The van der Waals surface area contributed by atoms with Gasteiger partial charge in [0.1, 0.15) is 6.10 Å². The molecular formula is C31H38N2O. The zero-order chi connectivity index (χ0) is 23.0. The molecule has 2 fully saturated rings. The molecule has 3 aromatic carbocycles. The topological polar surface area (TPSA) is 15.7 Å². The lowest BCUT2D eigenvalue weighted by Gasteiger charge is -2.29. The van der Waals surface area contributed by atoms with Crippen LogP contribution in [0.5, 0.6) is 0 Å². The quantitative estimate of drug-likeness (QED) is 0.376. The summed E-state index contributed by atoms with van der Waals surface area (Å²) < 4.78 is 6.52. The van der Waals surface area contributed by atoms with E-state index in [-0.39, 0.29) is 6.10 Å². The summed E-state index contributed by atoms with van der Waals surface area (Å²) in [6, 6.07) is 33.7. The van der Waals surface area contributed by atoms with Crippen molar-refractivity contribution in [1.82, 2.24) is 9.80 Å². The standard InChI is InChI=1S/C31H38N2O/c1-4-11-26(12-5-1)13-10-21-33-29-18-19-30(33)25-32(22-20-29)23-24-34-31(27-14-6-2-7-15-27)28-16-8-3-9-17-28/h1-9,11-12,14-17,29-31H,10,13,18-25H2/t29-,30-/m0/s1. The Balaban J connectivity index is 1.14. The molecule has 0 unspecified atom stereocenters. The van der Waals surface area contributed by atoms with Gasteiger partial charge in [-0.1, -0.05) is 91.0 Å². The van der Waals surface area contributed by atoms with Crippen molar-refractivity contribution >= 4 is 0 Å². The molecule has 2 saturated heterocycles. The predicted octanol–water partition coefficient (Wildman–Crippen LogP) is 5.96. The molecule has 0 aromatic heterocycles. The summed E-state index contributed by atoms with van der Waals surface area (Å²) in [7, 11) is 0. The Morgan fingerprint density at radius 3 is 2.00 bits per heavy atom. The molecule has 0 amide bonds. The fraction of sp³-hybridized carbons (Fsp3) is 0.419. The van der Waals surface area contributed by atoms with Gasteiger partial charge in [0.05, 0.1) is 6.61 Å². The summed E-state index contributed by atoms with van der Waals surface area (Å²) in [6.07, 6.45) is 6.47. The van der Waals surface area contributed by atoms with E-state index in [2.05, 4.69) is 101 Å². The van der Waals surface area contributed by atoms with Gasteiger partial charge in [-0.15, -0.1) is 0 Å². The maximum atomic E-state index is 6.52. The van der Waals surface area contributed by atoms with E-state index in [0.29, 0.717) is 6.04 Å². The second-order valence-electron chi connectivity index (χ2n) is 9.87. The van der Waals surface area contributed by atoms with E-state index >= 15 is 0 Å². The molecule has 34 heavy (non-hydrogen) atoms. The lowest BCUT2D eigenvalue weighted by molar-refractivity contribution is 0.0575. The molecule has 0 N–H and O–H groups in total. The maximum absolute atomic E-state index is 6.52. The molecule has 2 aliphatic heterocycles. The monoisotopic (exact) mass is 454 g/mol. The van der Waals surface area contributed by atoms with Crippen molar-refractivity contribution in [2.24, 2.45) is 0 Å². The molecule has 3 nitrogen and oxygen atoms in total. The Kier molecular flexibility index (Phi) is 8.08. The molecule has 5 rings (SSSR count). The first-order valence-electron chi connectivity index (χ1n) is 13.1. The molecule has 0 saturated carbocycles. The van der Waals surface area contributed by atoms with E-state index in [1.807, 2.05) is 0 Å². The Bertz CT molecular complexity index is 939. The normalized spacial score (nSPS) is 21.1. The second kappa shape index (κ2) is 11.8. The van der Waals surface area contributed by atoms with Crippen molar-refractivity contribution < 1.29 is 4.74 Å². The minimum atomic E-state index is 0.000291. The smallest absolute Gasteiger partial charge is 0.108 e. The van der Waals surface area contributed by atoms with Crippen LogP contribution in [-0.4, -0.2) is 54.7 Å². The fourth-order valence-corrected chi connectivity index (χ4v) is 5.86. The van der Waals surface area contributed by atoms with E-state index in [1.165, 1.54) is 68.4 Å². The molecule has 2 aliphatic rings. The summed E-state index contributed by atoms with van der Waals surface area (Å²) in [4.78, 5) is 5.49. The Labute approximate surface area is 205 Å². The van der Waals surface area contributed by atoms with Crippen LogP contribution in [0.3, 0.4) is 0 Å². The molecule has 3 aromatic rings. The molecule has 178 valence electrons. The highest BCUT2D eigenvalue weighted by Crippen LogP contribution is 2.31. The van der Waals surface area contributed by atoms with Crippen molar-refractivity contribution in [3.05, 3.63) is 108 Å². The minimum absolute atomic E-state index is 0.000291. The largest absolute Gasteiger partial charge is 0.367 e. The molecule has 0 aliphatic carbocycles. The number of fused-ring (bicyclic) bond motifs is 2. The van der Waals surface area contributed by atoms with E-state index in [1.54, 1.807) is 0 Å². The van der Waals surface area contributed by atoms with Crippen molar-refractivity contribution in [3.63, 3.8) is 0 Å². The van der Waals surface area contributed by atoms with E-state index in [4.69, 9.17) is 4.74 Å². The Hall–Kier alpha value is -2.46. The van der Waals surface area contributed by atoms with Gasteiger partial charge in [0.15, 0.2) is 0 Å². The molecule has 0 radical (unpaired) electrons. The summed E-state index contributed by atoms with van der Waals surface area (Å²) in [5.74, 6) is 0. The van der Waals surface area contributed by atoms with Crippen LogP contribution in [0.1, 0.15) is 48.5 Å². The van der Waals surface area contributed by atoms with Crippen molar-refractivity contribution in [3.8, 4) is 0 Å². The minimum Gasteiger partial charge on any atom is -0.367 e. The van der Waals surface area contributed by atoms with Crippen LogP contribution in [0.15, 0.2) is 91.0 Å². The number of benzene rings is 3. The average molecular weight is 455 g/mol. The summed E-state index contributed by atoms with van der Waals surface area (Å²) in [5, 5.41) is 0. The van der Waals surface area contributed by atoms with Crippen LogP contribution in [0.2, 0.25) is 0 Å². The van der Waals surface area contributed by atoms with Gasteiger partial charge in [0.2, 0.25) is 0 Å². The van der Waals surface area contributed by atoms with Crippen LogP contribution in [0.4, 0.5) is 0 Å². The van der Waals surface area contributed by atoms with Crippen molar-refractivity contribution in [2.45, 2.75) is 50.3 Å². The van der Waals surface area contributed by atoms with Crippen LogP contribution in [-0.2, 0) is 11.2 Å². The summed E-state index contributed by atoms with van der Waals surface area (Å²) in [5.41, 5.74) is 3.93. The highest BCUT2D eigenvalue weighted by atomic mass is 16.5. The molecular weight excluding hydrogens is 416 g/mol. The number of rotatable bonds is 10. The first-order valence-corrected chi connectivity index (χ1v) is 13.1. The van der Waals surface area contributed by atoms with Crippen LogP contribution < -0.4 is 0 Å².